The van der Waals surface area contributed by atoms with Crippen LogP contribution in [0.3, 0.4) is 0 Å². The largest absolute Gasteiger partial charge is 0.497 e. The van der Waals surface area contributed by atoms with Crippen LogP contribution in [-0.2, 0) is 11.3 Å². The minimum Gasteiger partial charge on any atom is -0.497 e. The van der Waals surface area contributed by atoms with Gasteiger partial charge in [-0.05, 0) is 47.5 Å². The van der Waals surface area contributed by atoms with Crippen LogP contribution >= 0.6 is 11.6 Å². The van der Waals surface area contributed by atoms with Crippen LogP contribution in [0.5, 0.6) is 11.5 Å². The molecule has 0 fully saturated rings. The van der Waals surface area contributed by atoms with Crippen molar-refractivity contribution in [2.45, 2.75) is 18.9 Å². The normalized spacial score (nSPS) is 11.9. The minimum absolute atomic E-state index is 0.151. The molecule has 0 aliphatic carbocycles. The Morgan fingerprint density at radius 2 is 1.79 bits per heavy atom. The highest BCUT2D eigenvalue weighted by Crippen LogP contribution is 2.34. The van der Waals surface area contributed by atoms with Gasteiger partial charge in [-0.3, -0.25) is 4.79 Å². The standard InChI is InChI=1S/C25H23ClFN3O3/c1-32-20-9-17(10-21(11-20)33-2)22(23-14-28-24-8-5-18(26)15-30(23)24)12-25(31)29-13-16-3-6-19(27)7-4-16/h3-11,14-15,22H,12-13H2,1-2H3,(H,29,31). The molecule has 1 N–H and O–H groups in total. The quantitative estimate of drug-likeness (QED) is 0.397. The molecular weight excluding hydrogens is 445 g/mol. The average Bonchev–Trinajstić information content (AvgIpc) is 3.24. The van der Waals surface area contributed by atoms with Gasteiger partial charge < -0.3 is 19.2 Å². The van der Waals surface area contributed by atoms with E-state index in [0.29, 0.717) is 23.1 Å². The predicted octanol–water partition coefficient (Wildman–Crippen LogP) is 4.98. The summed E-state index contributed by atoms with van der Waals surface area (Å²) in [7, 11) is 3.16. The summed E-state index contributed by atoms with van der Waals surface area (Å²) in [6, 6.07) is 15.2. The van der Waals surface area contributed by atoms with E-state index in [1.165, 1.54) is 12.1 Å². The fraction of sp³-hybridized carbons (Fsp3) is 0.200. The predicted molar refractivity (Wildman–Crippen MR) is 124 cm³/mol. The maximum absolute atomic E-state index is 13.2. The van der Waals surface area contributed by atoms with Crippen molar-refractivity contribution in [2.75, 3.05) is 14.2 Å². The number of nitrogens with zero attached hydrogens (tertiary/aromatic N) is 2. The van der Waals surface area contributed by atoms with E-state index in [4.69, 9.17) is 21.1 Å². The van der Waals surface area contributed by atoms with Crippen molar-refractivity contribution in [3.05, 3.63) is 94.7 Å². The molecule has 170 valence electrons. The van der Waals surface area contributed by atoms with E-state index < -0.39 is 0 Å². The summed E-state index contributed by atoms with van der Waals surface area (Å²) in [6.45, 7) is 0.298. The Labute approximate surface area is 195 Å². The van der Waals surface area contributed by atoms with Gasteiger partial charge in [0.1, 0.15) is 23.0 Å². The van der Waals surface area contributed by atoms with E-state index in [9.17, 15) is 9.18 Å². The Balaban J connectivity index is 1.67. The van der Waals surface area contributed by atoms with Crippen LogP contribution in [0, 0.1) is 5.82 Å². The number of rotatable bonds is 8. The van der Waals surface area contributed by atoms with E-state index in [1.54, 1.807) is 50.9 Å². The van der Waals surface area contributed by atoms with E-state index in [1.807, 2.05) is 22.6 Å². The van der Waals surface area contributed by atoms with Crippen LogP contribution in [0.2, 0.25) is 5.02 Å². The first-order valence-corrected chi connectivity index (χ1v) is 10.7. The number of benzene rings is 2. The number of hydrogen-bond donors (Lipinski definition) is 1. The van der Waals surface area contributed by atoms with Crippen LogP contribution in [0.4, 0.5) is 4.39 Å². The zero-order valence-electron chi connectivity index (χ0n) is 18.2. The summed E-state index contributed by atoms with van der Waals surface area (Å²) < 4.78 is 25.9. The van der Waals surface area contributed by atoms with Gasteiger partial charge in [-0.25, -0.2) is 9.37 Å². The van der Waals surface area contributed by atoms with Gasteiger partial charge in [-0.2, -0.15) is 0 Å². The van der Waals surface area contributed by atoms with Crippen molar-refractivity contribution in [2.24, 2.45) is 0 Å². The summed E-state index contributed by atoms with van der Waals surface area (Å²) >= 11 is 6.23. The zero-order chi connectivity index (χ0) is 23.4. The van der Waals surface area contributed by atoms with Crippen LogP contribution in [0.15, 0.2) is 67.0 Å². The number of pyridine rings is 1. The molecule has 0 bridgehead atoms. The fourth-order valence-electron chi connectivity index (χ4n) is 3.72. The van der Waals surface area contributed by atoms with Crippen molar-refractivity contribution in [3.63, 3.8) is 0 Å². The molecule has 0 saturated carbocycles. The molecular formula is C25H23ClFN3O3. The molecule has 0 aliphatic heterocycles. The van der Waals surface area contributed by atoms with Crippen molar-refractivity contribution < 1.29 is 18.7 Å². The highest BCUT2D eigenvalue weighted by Gasteiger charge is 2.23. The molecule has 1 unspecified atom stereocenters. The molecule has 2 aromatic heterocycles. The van der Waals surface area contributed by atoms with Gasteiger partial charge in [0, 0.05) is 37.3 Å². The second kappa shape index (κ2) is 9.92. The smallest absolute Gasteiger partial charge is 0.221 e. The second-order valence-electron chi connectivity index (χ2n) is 7.56. The van der Waals surface area contributed by atoms with Crippen molar-refractivity contribution in [3.8, 4) is 11.5 Å². The number of fused-ring (bicyclic) bond motifs is 1. The molecule has 2 aromatic carbocycles. The molecule has 1 amide bonds. The van der Waals surface area contributed by atoms with Gasteiger partial charge in [-0.1, -0.05) is 23.7 Å². The lowest BCUT2D eigenvalue weighted by molar-refractivity contribution is -0.121. The molecule has 6 nitrogen and oxygen atoms in total. The number of methoxy groups -OCH3 is 2. The average molecular weight is 468 g/mol. The highest BCUT2D eigenvalue weighted by atomic mass is 35.5. The molecule has 0 radical (unpaired) electrons. The Morgan fingerprint density at radius 3 is 2.45 bits per heavy atom. The molecule has 1 atom stereocenters. The topological polar surface area (TPSA) is 64.9 Å². The number of aromatic nitrogens is 2. The van der Waals surface area contributed by atoms with E-state index in [0.717, 1.165) is 22.5 Å². The van der Waals surface area contributed by atoms with Gasteiger partial charge in [-0.15, -0.1) is 0 Å². The zero-order valence-corrected chi connectivity index (χ0v) is 19.0. The van der Waals surface area contributed by atoms with Crippen LogP contribution < -0.4 is 14.8 Å². The molecule has 0 spiro atoms. The molecule has 33 heavy (non-hydrogen) atoms. The minimum atomic E-state index is -0.351. The lowest BCUT2D eigenvalue weighted by Crippen LogP contribution is -2.25. The second-order valence-corrected chi connectivity index (χ2v) is 8.00. The van der Waals surface area contributed by atoms with Crippen LogP contribution in [-0.4, -0.2) is 29.5 Å². The lowest BCUT2D eigenvalue weighted by atomic mass is 9.91. The number of carbonyl (C=O) groups excluding carboxylic acids is 1. The fourth-order valence-corrected chi connectivity index (χ4v) is 3.88. The van der Waals surface area contributed by atoms with Crippen molar-refractivity contribution >= 4 is 23.2 Å². The summed E-state index contributed by atoms with van der Waals surface area (Å²) in [6.07, 6.45) is 3.67. The molecule has 0 aliphatic rings. The third-order valence-electron chi connectivity index (χ3n) is 5.42. The summed E-state index contributed by atoms with van der Waals surface area (Å²) in [5, 5.41) is 3.48. The third kappa shape index (κ3) is 5.26. The van der Waals surface area contributed by atoms with Crippen molar-refractivity contribution in [1.29, 1.82) is 0 Å². The number of ether oxygens (including phenoxy) is 2. The Morgan fingerprint density at radius 1 is 1.09 bits per heavy atom. The molecule has 2 heterocycles. The highest BCUT2D eigenvalue weighted by molar-refractivity contribution is 6.30. The number of halogens is 2. The summed E-state index contributed by atoms with van der Waals surface area (Å²) in [4.78, 5) is 17.4. The first-order chi connectivity index (χ1) is 16.0. The first-order valence-electron chi connectivity index (χ1n) is 10.3. The number of hydrogen-bond acceptors (Lipinski definition) is 4. The van der Waals surface area contributed by atoms with E-state index in [2.05, 4.69) is 10.3 Å². The van der Waals surface area contributed by atoms with Gasteiger partial charge in [0.25, 0.3) is 0 Å². The van der Waals surface area contributed by atoms with Gasteiger partial charge in [0.15, 0.2) is 0 Å². The van der Waals surface area contributed by atoms with E-state index in [-0.39, 0.29) is 24.1 Å². The maximum atomic E-state index is 13.2. The number of carbonyl (C=O) groups is 1. The molecule has 0 saturated heterocycles. The Hall–Kier alpha value is -3.58. The van der Waals surface area contributed by atoms with E-state index >= 15 is 0 Å². The van der Waals surface area contributed by atoms with Gasteiger partial charge >= 0.3 is 0 Å². The number of imidazole rings is 1. The lowest BCUT2D eigenvalue weighted by Gasteiger charge is -2.19. The maximum Gasteiger partial charge on any atom is 0.221 e. The van der Waals surface area contributed by atoms with Gasteiger partial charge in [0.2, 0.25) is 5.91 Å². The number of nitrogens with one attached hydrogen (secondary N) is 1. The molecule has 4 aromatic rings. The van der Waals surface area contributed by atoms with Crippen LogP contribution in [0.25, 0.3) is 5.65 Å². The van der Waals surface area contributed by atoms with Gasteiger partial charge in [0.05, 0.1) is 24.9 Å². The Kier molecular flexibility index (Phi) is 6.79. The number of amides is 1. The third-order valence-corrected chi connectivity index (χ3v) is 5.65. The first kappa shape index (κ1) is 22.6. The van der Waals surface area contributed by atoms with Crippen molar-refractivity contribution in [1.82, 2.24) is 14.7 Å². The SMILES string of the molecule is COc1cc(OC)cc(C(CC(=O)NCc2ccc(F)cc2)c2cnc3ccc(Cl)cn23)c1. The molecule has 8 heteroatoms. The Bertz CT molecular complexity index is 1250. The summed E-state index contributed by atoms with van der Waals surface area (Å²) in [5.41, 5.74) is 3.18. The molecule has 4 rings (SSSR count). The monoisotopic (exact) mass is 467 g/mol. The van der Waals surface area contributed by atoms with Crippen LogP contribution in [0.1, 0.15) is 29.2 Å². The summed E-state index contributed by atoms with van der Waals surface area (Å²) in [5.74, 6) is 0.406.